The number of carbonyl (C=O) groups is 1. The van der Waals surface area contributed by atoms with Crippen LogP contribution in [0.4, 0.5) is 5.69 Å². The maximum Gasteiger partial charge on any atom is 0.220 e. The average Bonchev–Trinajstić information content (AvgIpc) is 2.74. The zero-order chi connectivity index (χ0) is 18.9. The Kier molecular flexibility index (Phi) is 7.11. The van der Waals surface area contributed by atoms with Crippen LogP contribution in [0.1, 0.15) is 12.0 Å². The summed E-state index contributed by atoms with van der Waals surface area (Å²) in [7, 11) is 1.69. The van der Waals surface area contributed by atoms with E-state index in [4.69, 9.17) is 4.74 Å². The number of hydrogen-bond donors (Lipinski definition) is 1. The molecule has 5 nitrogen and oxygen atoms in total. The summed E-state index contributed by atoms with van der Waals surface area (Å²) in [5.74, 6) is 1.02. The SMILES string of the molecule is COc1ccc(N2CCN(CCNC(=O)CCc3ccccc3)CC2)cc1. The average molecular weight is 367 g/mol. The highest BCUT2D eigenvalue weighted by Crippen LogP contribution is 2.20. The molecule has 144 valence electrons. The normalized spacial score (nSPS) is 14.8. The fraction of sp³-hybridized carbons (Fsp3) is 0.409. The van der Waals surface area contributed by atoms with Crippen molar-refractivity contribution in [3.63, 3.8) is 0 Å². The van der Waals surface area contributed by atoms with Crippen LogP contribution in [0.25, 0.3) is 0 Å². The van der Waals surface area contributed by atoms with Crippen LogP contribution in [0, 0.1) is 0 Å². The van der Waals surface area contributed by atoms with Gasteiger partial charge in [0.25, 0.3) is 0 Å². The Bertz CT molecular complexity index is 695. The lowest BCUT2D eigenvalue weighted by Crippen LogP contribution is -2.48. The number of methoxy groups -OCH3 is 1. The first-order valence-corrected chi connectivity index (χ1v) is 9.66. The molecule has 2 aromatic carbocycles. The van der Waals surface area contributed by atoms with Gasteiger partial charge in [-0.2, -0.15) is 0 Å². The molecule has 1 N–H and O–H groups in total. The van der Waals surface area contributed by atoms with Gasteiger partial charge < -0.3 is 15.0 Å². The van der Waals surface area contributed by atoms with Gasteiger partial charge in [-0.1, -0.05) is 30.3 Å². The van der Waals surface area contributed by atoms with E-state index in [1.807, 2.05) is 30.3 Å². The number of ether oxygens (including phenoxy) is 1. The molecule has 0 aromatic heterocycles. The number of hydrogen-bond acceptors (Lipinski definition) is 4. The second-order valence-corrected chi connectivity index (χ2v) is 6.86. The number of amides is 1. The first-order chi connectivity index (χ1) is 13.2. The number of nitrogens with zero attached hydrogens (tertiary/aromatic N) is 2. The van der Waals surface area contributed by atoms with Crippen LogP contribution >= 0.6 is 0 Å². The lowest BCUT2D eigenvalue weighted by molar-refractivity contribution is -0.121. The van der Waals surface area contributed by atoms with Crippen LogP contribution in [0.3, 0.4) is 0 Å². The van der Waals surface area contributed by atoms with Gasteiger partial charge in [0.15, 0.2) is 0 Å². The highest BCUT2D eigenvalue weighted by atomic mass is 16.5. The number of carbonyl (C=O) groups excluding carboxylic acids is 1. The molecule has 1 aliphatic heterocycles. The molecule has 3 rings (SSSR count). The minimum atomic E-state index is 0.135. The Morgan fingerprint density at radius 2 is 1.70 bits per heavy atom. The van der Waals surface area contributed by atoms with Crippen molar-refractivity contribution in [1.82, 2.24) is 10.2 Å². The molecule has 2 aromatic rings. The summed E-state index contributed by atoms with van der Waals surface area (Å²) >= 11 is 0. The highest BCUT2D eigenvalue weighted by molar-refractivity contribution is 5.76. The first kappa shape index (κ1) is 19.2. The molecular weight excluding hydrogens is 338 g/mol. The van der Waals surface area contributed by atoms with Crippen molar-refractivity contribution in [2.24, 2.45) is 0 Å². The van der Waals surface area contributed by atoms with Gasteiger partial charge in [-0.15, -0.1) is 0 Å². The quantitative estimate of drug-likeness (QED) is 0.779. The Morgan fingerprint density at radius 1 is 1.00 bits per heavy atom. The third-order valence-corrected chi connectivity index (χ3v) is 5.04. The zero-order valence-electron chi connectivity index (χ0n) is 16.1. The maximum absolute atomic E-state index is 12.0. The van der Waals surface area contributed by atoms with E-state index in [1.54, 1.807) is 7.11 Å². The van der Waals surface area contributed by atoms with Crippen LogP contribution in [0.2, 0.25) is 0 Å². The second-order valence-electron chi connectivity index (χ2n) is 6.86. The van der Waals surface area contributed by atoms with Gasteiger partial charge >= 0.3 is 0 Å². The Balaban J connectivity index is 1.31. The second kappa shape index (κ2) is 9.97. The van der Waals surface area contributed by atoms with Crippen molar-refractivity contribution in [3.8, 4) is 5.75 Å². The van der Waals surface area contributed by atoms with Crippen molar-refractivity contribution in [1.29, 1.82) is 0 Å². The largest absolute Gasteiger partial charge is 0.497 e. The monoisotopic (exact) mass is 367 g/mol. The molecular formula is C22H29N3O2. The molecule has 0 spiro atoms. The number of rotatable bonds is 8. The van der Waals surface area contributed by atoms with E-state index in [1.165, 1.54) is 11.3 Å². The third-order valence-electron chi connectivity index (χ3n) is 5.04. The lowest BCUT2D eigenvalue weighted by Gasteiger charge is -2.36. The molecule has 1 saturated heterocycles. The zero-order valence-corrected chi connectivity index (χ0v) is 16.1. The third kappa shape index (κ3) is 6.00. The fourth-order valence-corrected chi connectivity index (χ4v) is 3.37. The molecule has 0 radical (unpaired) electrons. The van der Waals surface area contributed by atoms with Crippen molar-refractivity contribution in [3.05, 3.63) is 60.2 Å². The minimum Gasteiger partial charge on any atom is -0.497 e. The molecule has 0 saturated carbocycles. The smallest absolute Gasteiger partial charge is 0.220 e. The topological polar surface area (TPSA) is 44.8 Å². The summed E-state index contributed by atoms with van der Waals surface area (Å²) in [5.41, 5.74) is 2.45. The van der Waals surface area contributed by atoms with Crippen molar-refractivity contribution in [2.45, 2.75) is 12.8 Å². The van der Waals surface area contributed by atoms with E-state index in [2.05, 4.69) is 39.4 Å². The van der Waals surface area contributed by atoms with E-state index in [-0.39, 0.29) is 5.91 Å². The van der Waals surface area contributed by atoms with Gasteiger partial charge in [-0.05, 0) is 36.2 Å². The van der Waals surface area contributed by atoms with Gasteiger partial charge in [0.1, 0.15) is 5.75 Å². The molecule has 0 atom stereocenters. The number of nitrogens with one attached hydrogen (secondary N) is 1. The molecule has 0 unspecified atom stereocenters. The van der Waals surface area contributed by atoms with E-state index in [9.17, 15) is 4.79 Å². The number of piperazine rings is 1. The maximum atomic E-state index is 12.0. The number of benzene rings is 2. The Labute approximate surface area is 161 Å². The standard InChI is InChI=1S/C22H29N3O2/c1-27-21-10-8-20(9-11-21)25-17-15-24(16-18-25)14-13-23-22(26)12-7-19-5-3-2-4-6-19/h2-6,8-11H,7,12-18H2,1H3,(H,23,26). The first-order valence-electron chi connectivity index (χ1n) is 9.66. The lowest BCUT2D eigenvalue weighted by atomic mass is 10.1. The summed E-state index contributed by atoms with van der Waals surface area (Å²) in [5, 5.41) is 3.05. The van der Waals surface area contributed by atoms with Crippen molar-refractivity contribution in [2.75, 3.05) is 51.3 Å². The number of anilines is 1. The van der Waals surface area contributed by atoms with Crippen LogP contribution < -0.4 is 15.0 Å². The van der Waals surface area contributed by atoms with E-state index < -0.39 is 0 Å². The minimum absolute atomic E-state index is 0.135. The Morgan fingerprint density at radius 3 is 2.37 bits per heavy atom. The van der Waals surface area contributed by atoms with E-state index in [0.717, 1.165) is 51.4 Å². The van der Waals surface area contributed by atoms with Gasteiger partial charge in [0.05, 0.1) is 7.11 Å². The predicted molar refractivity (Wildman–Crippen MR) is 109 cm³/mol. The highest BCUT2D eigenvalue weighted by Gasteiger charge is 2.17. The summed E-state index contributed by atoms with van der Waals surface area (Å²) < 4.78 is 5.22. The molecule has 1 amide bonds. The van der Waals surface area contributed by atoms with Crippen LogP contribution in [-0.2, 0) is 11.2 Å². The predicted octanol–water partition coefficient (Wildman–Crippen LogP) is 2.57. The van der Waals surface area contributed by atoms with Crippen LogP contribution in [0.5, 0.6) is 5.75 Å². The Hall–Kier alpha value is -2.53. The summed E-state index contributed by atoms with van der Waals surface area (Å²) in [6.07, 6.45) is 1.35. The molecule has 0 aliphatic carbocycles. The molecule has 0 bridgehead atoms. The molecule has 1 fully saturated rings. The molecule has 5 heteroatoms. The molecule has 27 heavy (non-hydrogen) atoms. The van der Waals surface area contributed by atoms with Gasteiger partial charge in [0.2, 0.25) is 5.91 Å². The van der Waals surface area contributed by atoms with Gasteiger partial charge in [0, 0.05) is 51.4 Å². The summed E-state index contributed by atoms with van der Waals surface area (Å²) in [6, 6.07) is 18.4. The summed E-state index contributed by atoms with van der Waals surface area (Å²) in [6.45, 7) is 5.68. The van der Waals surface area contributed by atoms with Crippen molar-refractivity contribution >= 4 is 11.6 Å². The van der Waals surface area contributed by atoms with E-state index >= 15 is 0 Å². The summed E-state index contributed by atoms with van der Waals surface area (Å²) in [4.78, 5) is 16.8. The van der Waals surface area contributed by atoms with Gasteiger partial charge in [-0.25, -0.2) is 0 Å². The van der Waals surface area contributed by atoms with E-state index in [0.29, 0.717) is 6.42 Å². The van der Waals surface area contributed by atoms with Crippen LogP contribution in [0.15, 0.2) is 54.6 Å². The van der Waals surface area contributed by atoms with Crippen molar-refractivity contribution < 1.29 is 9.53 Å². The van der Waals surface area contributed by atoms with Crippen LogP contribution in [-0.4, -0.2) is 57.2 Å². The number of aryl methyl sites for hydroxylation is 1. The van der Waals surface area contributed by atoms with Gasteiger partial charge in [-0.3, -0.25) is 9.69 Å². The molecule has 1 heterocycles. The fourth-order valence-electron chi connectivity index (χ4n) is 3.37. The molecule has 1 aliphatic rings.